The first-order chi connectivity index (χ1) is 16.9. The Hall–Kier alpha value is -3.88. The number of carbonyl (C=O) groups is 2. The fourth-order valence-corrected chi connectivity index (χ4v) is 4.82. The molecule has 2 amide bonds. The predicted octanol–water partition coefficient (Wildman–Crippen LogP) is 3.32. The molecule has 9 heteroatoms. The summed E-state index contributed by atoms with van der Waals surface area (Å²) in [5.41, 5.74) is 9.87. The number of hydrogen-bond acceptors (Lipinski definition) is 6. The second kappa shape index (κ2) is 9.40. The molecule has 9 nitrogen and oxygen atoms in total. The molecule has 0 bridgehead atoms. The third-order valence-electron chi connectivity index (χ3n) is 6.95. The van der Waals surface area contributed by atoms with Crippen molar-refractivity contribution in [3.63, 3.8) is 0 Å². The molecule has 1 aromatic carbocycles. The average Bonchev–Trinajstić information content (AvgIpc) is 3.62. The maximum Gasteiger partial charge on any atom is 0.269 e. The Kier molecular flexibility index (Phi) is 6.15. The van der Waals surface area contributed by atoms with Gasteiger partial charge in [0.15, 0.2) is 5.69 Å². The molecule has 1 saturated carbocycles. The van der Waals surface area contributed by atoms with E-state index in [0.717, 1.165) is 30.8 Å². The molecule has 1 aliphatic heterocycles. The lowest BCUT2D eigenvalue weighted by Crippen LogP contribution is -2.54. The molecule has 2 aromatic heterocycles. The summed E-state index contributed by atoms with van der Waals surface area (Å²) in [6.45, 7) is 2.93. The molecule has 2 fully saturated rings. The van der Waals surface area contributed by atoms with E-state index in [1.807, 2.05) is 31.4 Å². The van der Waals surface area contributed by atoms with Crippen LogP contribution in [0, 0.1) is 0 Å². The van der Waals surface area contributed by atoms with Crippen molar-refractivity contribution in [2.24, 2.45) is 12.8 Å². The Morgan fingerprint density at radius 2 is 1.89 bits per heavy atom. The number of hydrogen-bond donors (Lipinski definition) is 3. The van der Waals surface area contributed by atoms with Gasteiger partial charge in [-0.2, -0.15) is 5.10 Å². The highest BCUT2D eigenvalue weighted by atomic mass is 16.2. The Morgan fingerprint density at radius 3 is 2.54 bits per heavy atom. The van der Waals surface area contributed by atoms with Crippen LogP contribution in [0.4, 0.5) is 17.1 Å². The molecule has 0 radical (unpaired) electrons. The third-order valence-corrected chi connectivity index (χ3v) is 6.95. The Morgan fingerprint density at radius 1 is 1.11 bits per heavy atom. The molecule has 0 spiro atoms. The second-order valence-electron chi connectivity index (χ2n) is 9.53. The number of primary amides is 1. The van der Waals surface area contributed by atoms with Crippen molar-refractivity contribution >= 4 is 28.9 Å². The van der Waals surface area contributed by atoms with Crippen LogP contribution in [0.25, 0.3) is 0 Å². The minimum Gasteiger partial charge on any atom is -0.365 e. The lowest BCUT2D eigenvalue weighted by Gasteiger charge is -2.41. The van der Waals surface area contributed by atoms with E-state index in [-0.39, 0.29) is 23.7 Å². The molecule has 2 atom stereocenters. The first kappa shape index (κ1) is 22.9. The van der Waals surface area contributed by atoms with Gasteiger partial charge in [-0.05, 0) is 62.3 Å². The zero-order chi connectivity index (χ0) is 24.5. The van der Waals surface area contributed by atoms with Crippen LogP contribution >= 0.6 is 0 Å². The zero-order valence-corrected chi connectivity index (χ0v) is 20.1. The summed E-state index contributed by atoms with van der Waals surface area (Å²) in [5.74, 6) is 0.0193. The van der Waals surface area contributed by atoms with E-state index in [2.05, 4.69) is 44.7 Å². The number of nitrogens with one attached hydrogen (secondary N) is 2. The van der Waals surface area contributed by atoms with Crippen LogP contribution in [-0.2, 0) is 7.05 Å². The van der Waals surface area contributed by atoms with Crippen molar-refractivity contribution in [3.05, 3.63) is 65.7 Å². The van der Waals surface area contributed by atoms with Gasteiger partial charge in [-0.15, -0.1) is 0 Å². The van der Waals surface area contributed by atoms with Crippen LogP contribution in [0.2, 0.25) is 0 Å². The quantitative estimate of drug-likeness (QED) is 0.484. The number of amides is 2. The highest BCUT2D eigenvalue weighted by Crippen LogP contribution is 2.40. The topological polar surface area (TPSA) is 118 Å². The highest BCUT2D eigenvalue weighted by Gasteiger charge is 2.30. The van der Waals surface area contributed by atoms with Crippen molar-refractivity contribution in [2.45, 2.75) is 50.6 Å². The number of anilines is 3. The summed E-state index contributed by atoms with van der Waals surface area (Å²) in [7, 11) is 1.82. The van der Waals surface area contributed by atoms with Gasteiger partial charge in [0.05, 0.1) is 29.5 Å². The average molecular weight is 474 g/mol. The standard InChI is InChI=1S/C26H31N7O2/c1-16-22(31-26(35)19-9-7-18(8-10-19)17-5-6-17)4-3-11-33(16)21-12-23(24(25(27)34)28-14-21)30-20-13-29-32(2)15-20/h7-10,12-17,22,30H,3-6,11H2,1-2H3,(H2,27,34)(H,31,35)/t16-,22-/m1/s1. The summed E-state index contributed by atoms with van der Waals surface area (Å²) < 4.78 is 1.67. The molecule has 182 valence electrons. The lowest BCUT2D eigenvalue weighted by atomic mass is 9.96. The van der Waals surface area contributed by atoms with Gasteiger partial charge in [0.2, 0.25) is 0 Å². The van der Waals surface area contributed by atoms with E-state index in [1.54, 1.807) is 17.1 Å². The van der Waals surface area contributed by atoms with E-state index in [4.69, 9.17) is 5.73 Å². The predicted molar refractivity (Wildman–Crippen MR) is 135 cm³/mol. The molecule has 3 heterocycles. The lowest BCUT2D eigenvalue weighted by molar-refractivity contribution is 0.0923. The number of nitrogens with zero attached hydrogens (tertiary/aromatic N) is 4. The number of carbonyl (C=O) groups excluding carboxylic acids is 2. The van der Waals surface area contributed by atoms with Gasteiger partial charge in [-0.3, -0.25) is 14.3 Å². The molecule has 1 aliphatic carbocycles. The maximum atomic E-state index is 13.0. The van der Waals surface area contributed by atoms with Gasteiger partial charge in [0.1, 0.15) is 0 Å². The van der Waals surface area contributed by atoms with Crippen molar-refractivity contribution < 1.29 is 9.59 Å². The Bertz CT molecular complexity index is 1230. The number of nitrogens with two attached hydrogens (primary N) is 1. The minimum absolute atomic E-state index is 0.00934. The molecule has 1 saturated heterocycles. The molecule has 2 aliphatic rings. The summed E-state index contributed by atoms with van der Waals surface area (Å²) in [4.78, 5) is 31.5. The maximum absolute atomic E-state index is 13.0. The van der Waals surface area contributed by atoms with E-state index < -0.39 is 5.91 Å². The fourth-order valence-electron chi connectivity index (χ4n) is 4.82. The third kappa shape index (κ3) is 4.99. The van der Waals surface area contributed by atoms with Crippen LogP contribution < -0.4 is 21.3 Å². The van der Waals surface area contributed by atoms with E-state index in [1.165, 1.54) is 18.4 Å². The second-order valence-corrected chi connectivity index (χ2v) is 9.53. The number of piperidine rings is 1. The van der Waals surface area contributed by atoms with Gasteiger partial charge in [0, 0.05) is 37.4 Å². The van der Waals surface area contributed by atoms with Crippen LogP contribution in [0.15, 0.2) is 48.9 Å². The van der Waals surface area contributed by atoms with Crippen LogP contribution in [-0.4, -0.2) is 45.2 Å². The molecule has 35 heavy (non-hydrogen) atoms. The number of benzene rings is 1. The van der Waals surface area contributed by atoms with Gasteiger partial charge >= 0.3 is 0 Å². The van der Waals surface area contributed by atoms with Crippen LogP contribution in [0.1, 0.15) is 64.9 Å². The number of pyridine rings is 1. The summed E-state index contributed by atoms with van der Waals surface area (Å²) in [6, 6.07) is 9.93. The molecule has 3 aromatic rings. The number of rotatable bonds is 7. The van der Waals surface area contributed by atoms with Crippen LogP contribution in [0.5, 0.6) is 0 Å². The van der Waals surface area contributed by atoms with Crippen molar-refractivity contribution in [2.75, 3.05) is 16.8 Å². The highest BCUT2D eigenvalue weighted by molar-refractivity contribution is 5.98. The normalized spacial score (nSPS) is 19.9. The van der Waals surface area contributed by atoms with E-state index in [9.17, 15) is 9.59 Å². The van der Waals surface area contributed by atoms with Crippen molar-refractivity contribution in [1.29, 1.82) is 0 Å². The first-order valence-corrected chi connectivity index (χ1v) is 12.1. The SMILES string of the molecule is C[C@@H]1[C@H](NC(=O)c2ccc(C3CC3)cc2)CCCN1c1cnc(C(N)=O)c(Nc2cnn(C)c2)c1. The number of aromatic nitrogens is 3. The van der Waals surface area contributed by atoms with Crippen LogP contribution in [0.3, 0.4) is 0 Å². The fraction of sp³-hybridized carbons (Fsp3) is 0.385. The van der Waals surface area contributed by atoms with Gasteiger partial charge < -0.3 is 21.3 Å². The molecular formula is C26H31N7O2. The molecular weight excluding hydrogens is 442 g/mol. The smallest absolute Gasteiger partial charge is 0.269 e. The van der Waals surface area contributed by atoms with Gasteiger partial charge in [0.25, 0.3) is 11.8 Å². The summed E-state index contributed by atoms with van der Waals surface area (Å²) in [5, 5.41) is 10.6. The van der Waals surface area contributed by atoms with E-state index >= 15 is 0 Å². The van der Waals surface area contributed by atoms with Crippen molar-refractivity contribution in [1.82, 2.24) is 20.1 Å². The monoisotopic (exact) mass is 473 g/mol. The Labute approximate surface area is 204 Å². The van der Waals surface area contributed by atoms with Gasteiger partial charge in [-0.25, -0.2) is 4.98 Å². The Balaban J connectivity index is 1.32. The zero-order valence-electron chi connectivity index (χ0n) is 20.1. The first-order valence-electron chi connectivity index (χ1n) is 12.1. The van der Waals surface area contributed by atoms with E-state index in [0.29, 0.717) is 17.2 Å². The summed E-state index contributed by atoms with van der Waals surface area (Å²) in [6.07, 6.45) is 9.47. The van der Waals surface area contributed by atoms with Crippen molar-refractivity contribution in [3.8, 4) is 0 Å². The molecule has 4 N–H and O–H groups in total. The molecule has 0 unspecified atom stereocenters. The van der Waals surface area contributed by atoms with Gasteiger partial charge in [-0.1, -0.05) is 12.1 Å². The summed E-state index contributed by atoms with van der Waals surface area (Å²) >= 11 is 0. The number of aryl methyl sites for hydroxylation is 1. The largest absolute Gasteiger partial charge is 0.365 e. The minimum atomic E-state index is -0.604. The molecule has 5 rings (SSSR count).